The number of hydrogen-bond acceptors (Lipinski definition) is 1. The standard InChI is InChI=1S/C11H23NO/c1-5-7-8-9-11(13)12(4)10(3)6-2/h10H,5-9H2,1-4H3. The molecule has 0 saturated heterocycles. The normalized spacial score (nSPS) is 12.6. The maximum Gasteiger partial charge on any atom is 0.222 e. The number of rotatable bonds is 6. The Labute approximate surface area is 82.3 Å². The molecule has 78 valence electrons. The summed E-state index contributed by atoms with van der Waals surface area (Å²) < 4.78 is 0. The molecule has 1 unspecified atom stereocenters. The Morgan fingerprint density at radius 3 is 2.38 bits per heavy atom. The zero-order valence-corrected chi connectivity index (χ0v) is 9.47. The number of carbonyl (C=O) groups excluding carboxylic acids is 1. The van der Waals surface area contributed by atoms with Gasteiger partial charge in [0.1, 0.15) is 0 Å². The third-order valence-corrected chi connectivity index (χ3v) is 2.64. The molecule has 1 atom stereocenters. The molecule has 0 aliphatic rings. The van der Waals surface area contributed by atoms with E-state index in [1.54, 1.807) is 0 Å². The average molecular weight is 185 g/mol. The summed E-state index contributed by atoms with van der Waals surface area (Å²) in [6.45, 7) is 6.36. The minimum absolute atomic E-state index is 0.294. The highest BCUT2D eigenvalue weighted by Crippen LogP contribution is 2.06. The molecule has 0 spiro atoms. The molecule has 0 aliphatic carbocycles. The van der Waals surface area contributed by atoms with Gasteiger partial charge in [-0.25, -0.2) is 0 Å². The van der Waals surface area contributed by atoms with Crippen LogP contribution in [0, 0.1) is 0 Å². The minimum Gasteiger partial charge on any atom is -0.343 e. The van der Waals surface area contributed by atoms with Crippen LogP contribution in [0.5, 0.6) is 0 Å². The van der Waals surface area contributed by atoms with Gasteiger partial charge in [0, 0.05) is 19.5 Å². The first-order chi connectivity index (χ1) is 6.13. The Bertz CT molecular complexity index is 145. The highest BCUT2D eigenvalue weighted by Gasteiger charge is 2.12. The van der Waals surface area contributed by atoms with Crippen molar-refractivity contribution < 1.29 is 4.79 Å². The van der Waals surface area contributed by atoms with Crippen LogP contribution in [0.25, 0.3) is 0 Å². The molecular formula is C11H23NO. The van der Waals surface area contributed by atoms with Crippen LogP contribution in [0.15, 0.2) is 0 Å². The first-order valence-electron chi connectivity index (χ1n) is 5.39. The van der Waals surface area contributed by atoms with Gasteiger partial charge in [-0.15, -0.1) is 0 Å². The van der Waals surface area contributed by atoms with Crippen molar-refractivity contribution in [3.05, 3.63) is 0 Å². The number of hydrogen-bond donors (Lipinski definition) is 0. The van der Waals surface area contributed by atoms with Gasteiger partial charge < -0.3 is 4.90 Å². The van der Waals surface area contributed by atoms with Gasteiger partial charge in [-0.05, 0) is 19.8 Å². The molecule has 0 bridgehead atoms. The predicted octanol–water partition coefficient (Wildman–Crippen LogP) is 2.82. The van der Waals surface area contributed by atoms with Crippen molar-refractivity contribution in [1.82, 2.24) is 4.90 Å². The summed E-state index contributed by atoms with van der Waals surface area (Å²) in [5.74, 6) is 0.294. The Kier molecular flexibility index (Phi) is 6.65. The molecular weight excluding hydrogens is 162 g/mol. The summed E-state index contributed by atoms with van der Waals surface area (Å²) in [5, 5.41) is 0. The van der Waals surface area contributed by atoms with E-state index in [1.165, 1.54) is 12.8 Å². The van der Waals surface area contributed by atoms with Gasteiger partial charge in [0.2, 0.25) is 5.91 Å². The molecule has 13 heavy (non-hydrogen) atoms. The monoisotopic (exact) mass is 185 g/mol. The van der Waals surface area contributed by atoms with Gasteiger partial charge in [-0.2, -0.15) is 0 Å². The molecule has 0 heterocycles. The van der Waals surface area contributed by atoms with Crippen molar-refractivity contribution in [1.29, 1.82) is 0 Å². The maximum atomic E-state index is 11.5. The Morgan fingerprint density at radius 1 is 1.31 bits per heavy atom. The van der Waals surface area contributed by atoms with Gasteiger partial charge in [-0.3, -0.25) is 4.79 Å². The second-order valence-corrected chi connectivity index (χ2v) is 3.72. The molecule has 0 aromatic carbocycles. The number of amides is 1. The van der Waals surface area contributed by atoms with Crippen LogP contribution in [-0.4, -0.2) is 23.9 Å². The SMILES string of the molecule is CCCCCC(=O)N(C)C(C)CC. The topological polar surface area (TPSA) is 20.3 Å². The molecule has 0 fully saturated rings. The minimum atomic E-state index is 0.294. The van der Waals surface area contributed by atoms with E-state index in [2.05, 4.69) is 20.8 Å². The molecule has 0 radical (unpaired) electrons. The van der Waals surface area contributed by atoms with Gasteiger partial charge >= 0.3 is 0 Å². The van der Waals surface area contributed by atoms with Crippen molar-refractivity contribution in [2.45, 2.75) is 58.9 Å². The second kappa shape index (κ2) is 6.93. The van der Waals surface area contributed by atoms with Crippen LogP contribution < -0.4 is 0 Å². The van der Waals surface area contributed by atoms with Gasteiger partial charge in [-0.1, -0.05) is 26.7 Å². The largest absolute Gasteiger partial charge is 0.343 e. The fourth-order valence-electron chi connectivity index (χ4n) is 1.22. The molecule has 0 saturated carbocycles. The molecule has 1 amide bonds. The van der Waals surface area contributed by atoms with Gasteiger partial charge in [0.05, 0.1) is 0 Å². The molecule has 0 aromatic heterocycles. The van der Waals surface area contributed by atoms with Crippen LogP contribution >= 0.6 is 0 Å². The molecule has 2 heteroatoms. The summed E-state index contributed by atoms with van der Waals surface area (Å²) in [6, 6.07) is 0.383. The summed E-state index contributed by atoms with van der Waals surface area (Å²) in [4.78, 5) is 13.4. The summed E-state index contributed by atoms with van der Waals surface area (Å²) in [5.41, 5.74) is 0. The highest BCUT2D eigenvalue weighted by molar-refractivity contribution is 5.76. The van der Waals surface area contributed by atoms with Gasteiger partial charge in [0.15, 0.2) is 0 Å². The fraction of sp³-hybridized carbons (Fsp3) is 0.909. The Balaban J connectivity index is 3.69. The lowest BCUT2D eigenvalue weighted by Gasteiger charge is -2.23. The van der Waals surface area contributed by atoms with Crippen molar-refractivity contribution in [2.75, 3.05) is 7.05 Å². The maximum absolute atomic E-state index is 11.5. The first-order valence-corrected chi connectivity index (χ1v) is 5.39. The van der Waals surface area contributed by atoms with E-state index >= 15 is 0 Å². The van der Waals surface area contributed by atoms with E-state index in [0.717, 1.165) is 12.8 Å². The lowest BCUT2D eigenvalue weighted by atomic mass is 10.1. The second-order valence-electron chi connectivity index (χ2n) is 3.72. The van der Waals surface area contributed by atoms with Gasteiger partial charge in [0.25, 0.3) is 0 Å². The van der Waals surface area contributed by atoms with Crippen LogP contribution in [0.4, 0.5) is 0 Å². The molecule has 0 rings (SSSR count). The smallest absolute Gasteiger partial charge is 0.222 e. The van der Waals surface area contributed by atoms with E-state index in [9.17, 15) is 4.79 Å². The summed E-state index contributed by atoms with van der Waals surface area (Å²) in [7, 11) is 1.91. The van der Waals surface area contributed by atoms with E-state index < -0.39 is 0 Å². The lowest BCUT2D eigenvalue weighted by Crippen LogP contribution is -2.34. The van der Waals surface area contributed by atoms with Crippen molar-refractivity contribution >= 4 is 5.91 Å². The van der Waals surface area contributed by atoms with E-state index in [-0.39, 0.29) is 0 Å². The lowest BCUT2D eigenvalue weighted by molar-refractivity contribution is -0.131. The predicted molar refractivity (Wildman–Crippen MR) is 56.7 cm³/mol. The third-order valence-electron chi connectivity index (χ3n) is 2.64. The summed E-state index contributed by atoms with van der Waals surface area (Å²) in [6.07, 6.45) is 5.14. The quantitative estimate of drug-likeness (QED) is 0.583. The highest BCUT2D eigenvalue weighted by atomic mass is 16.2. The van der Waals surface area contributed by atoms with Crippen LogP contribution in [-0.2, 0) is 4.79 Å². The average Bonchev–Trinajstić information content (AvgIpc) is 2.15. The molecule has 0 aromatic rings. The van der Waals surface area contributed by atoms with Crippen LogP contribution in [0.1, 0.15) is 52.9 Å². The fourth-order valence-corrected chi connectivity index (χ4v) is 1.22. The summed E-state index contributed by atoms with van der Waals surface area (Å²) >= 11 is 0. The third kappa shape index (κ3) is 4.91. The zero-order chi connectivity index (χ0) is 10.3. The molecule has 0 N–H and O–H groups in total. The van der Waals surface area contributed by atoms with E-state index in [0.29, 0.717) is 18.4 Å². The van der Waals surface area contributed by atoms with Crippen molar-refractivity contribution in [3.8, 4) is 0 Å². The van der Waals surface area contributed by atoms with Crippen molar-refractivity contribution in [3.63, 3.8) is 0 Å². The van der Waals surface area contributed by atoms with E-state index in [4.69, 9.17) is 0 Å². The number of unbranched alkanes of at least 4 members (excludes halogenated alkanes) is 2. The van der Waals surface area contributed by atoms with E-state index in [1.807, 2.05) is 11.9 Å². The molecule has 0 aliphatic heterocycles. The first kappa shape index (κ1) is 12.5. The molecule has 2 nitrogen and oxygen atoms in total. The Morgan fingerprint density at radius 2 is 1.92 bits per heavy atom. The Hall–Kier alpha value is -0.530. The number of carbonyl (C=O) groups is 1. The number of nitrogens with zero attached hydrogens (tertiary/aromatic N) is 1. The van der Waals surface area contributed by atoms with Crippen LogP contribution in [0.3, 0.4) is 0 Å². The van der Waals surface area contributed by atoms with Crippen molar-refractivity contribution in [2.24, 2.45) is 0 Å². The zero-order valence-electron chi connectivity index (χ0n) is 9.47. The van der Waals surface area contributed by atoms with Crippen LogP contribution in [0.2, 0.25) is 0 Å².